The van der Waals surface area contributed by atoms with Crippen LogP contribution < -0.4 is 0 Å². The maximum absolute atomic E-state index is 13.1. The van der Waals surface area contributed by atoms with Crippen LogP contribution in [0.15, 0.2) is 41.3 Å². The van der Waals surface area contributed by atoms with Crippen LogP contribution in [0.3, 0.4) is 0 Å². The van der Waals surface area contributed by atoms with Gasteiger partial charge in [-0.25, -0.2) is 12.8 Å². The van der Waals surface area contributed by atoms with Crippen LogP contribution >= 0.6 is 0 Å². The van der Waals surface area contributed by atoms with Crippen molar-refractivity contribution >= 4 is 21.9 Å². The summed E-state index contributed by atoms with van der Waals surface area (Å²) in [5, 5.41) is 9.53. The lowest BCUT2D eigenvalue weighted by atomic mass is 9.82. The summed E-state index contributed by atoms with van der Waals surface area (Å²) in [6.07, 6.45) is 4.51. The second-order valence-corrected chi connectivity index (χ2v) is 9.46. The SMILES string of the molecule is O=C(O)[C@@H]1[C@@H](C(=O)N2CCN(S(=O)(=O)c3ccc(F)cc3)CC2)[C@@H]2C=C[C@@H]1C2. The monoisotopic (exact) mass is 408 g/mol. The molecule has 1 aromatic carbocycles. The first-order chi connectivity index (χ1) is 13.3. The average molecular weight is 408 g/mol. The van der Waals surface area contributed by atoms with Crippen LogP contribution in [0.25, 0.3) is 0 Å². The molecule has 150 valence electrons. The summed E-state index contributed by atoms with van der Waals surface area (Å²) in [7, 11) is -3.76. The van der Waals surface area contributed by atoms with Gasteiger partial charge in [-0.1, -0.05) is 12.2 Å². The van der Waals surface area contributed by atoms with Crippen molar-refractivity contribution in [1.82, 2.24) is 9.21 Å². The number of carbonyl (C=O) groups is 2. The molecule has 0 radical (unpaired) electrons. The summed E-state index contributed by atoms with van der Waals surface area (Å²) in [4.78, 5) is 26.2. The van der Waals surface area contributed by atoms with Gasteiger partial charge < -0.3 is 10.0 Å². The van der Waals surface area contributed by atoms with E-state index in [0.29, 0.717) is 6.42 Å². The zero-order valence-corrected chi connectivity index (χ0v) is 15.9. The highest BCUT2D eigenvalue weighted by atomic mass is 32.2. The Morgan fingerprint density at radius 3 is 2.11 bits per heavy atom. The van der Waals surface area contributed by atoms with E-state index in [9.17, 15) is 27.5 Å². The van der Waals surface area contributed by atoms with E-state index in [1.54, 1.807) is 4.90 Å². The smallest absolute Gasteiger partial charge is 0.307 e. The second kappa shape index (κ2) is 6.97. The molecular formula is C19H21FN2O5S. The number of allylic oxidation sites excluding steroid dienone is 2. The van der Waals surface area contributed by atoms with Crippen molar-refractivity contribution in [2.24, 2.45) is 23.7 Å². The third-order valence-corrected chi connectivity index (χ3v) is 7.94. The number of carbonyl (C=O) groups excluding carboxylic acids is 1. The number of rotatable bonds is 4. The number of carboxylic acid groups (broad SMARTS) is 1. The molecule has 4 rings (SSSR count). The summed E-state index contributed by atoms with van der Waals surface area (Å²) < 4.78 is 39.7. The van der Waals surface area contributed by atoms with Crippen molar-refractivity contribution < 1.29 is 27.5 Å². The zero-order valence-electron chi connectivity index (χ0n) is 15.1. The minimum atomic E-state index is -3.76. The molecule has 2 bridgehead atoms. The summed E-state index contributed by atoms with van der Waals surface area (Å²) in [6, 6.07) is 4.64. The highest BCUT2D eigenvalue weighted by Crippen LogP contribution is 2.48. The molecule has 4 atom stereocenters. The normalized spacial score (nSPS) is 30.0. The first-order valence-corrected chi connectivity index (χ1v) is 10.7. The first-order valence-electron chi connectivity index (χ1n) is 9.24. The van der Waals surface area contributed by atoms with E-state index in [1.807, 2.05) is 12.2 Å². The van der Waals surface area contributed by atoms with Crippen LogP contribution in [0.1, 0.15) is 6.42 Å². The summed E-state index contributed by atoms with van der Waals surface area (Å²) in [5.41, 5.74) is 0. The second-order valence-electron chi connectivity index (χ2n) is 7.52. The van der Waals surface area contributed by atoms with Crippen molar-refractivity contribution in [2.45, 2.75) is 11.3 Å². The van der Waals surface area contributed by atoms with E-state index in [1.165, 1.54) is 16.4 Å². The highest BCUT2D eigenvalue weighted by molar-refractivity contribution is 7.89. The third-order valence-electron chi connectivity index (χ3n) is 6.03. The van der Waals surface area contributed by atoms with Gasteiger partial charge >= 0.3 is 5.97 Å². The molecule has 1 saturated carbocycles. The molecule has 7 nitrogen and oxygen atoms in total. The molecule has 1 heterocycles. The van der Waals surface area contributed by atoms with Gasteiger partial charge in [-0.05, 0) is 42.5 Å². The number of nitrogens with zero attached hydrogens (tertiary/aromatic N) is 2. The van der Waals surface area contributed by atoms with Crippen LogP contribution in [0.4, 0.5) is 4.39 Å². The Kier molecular flexibility index (Phi) is 4.75. The van der Waals surface area contributed by atoms with Gasteiger partial charge in [0.05, 0.1) is 16.7 Å². The van der Waals surface area contributed by atoms with Gasteiger partial charge in [0.15, 0.2) is 0 Å². The van der Waals surface area contributed by atoms with Crippen molar-refractivity contribution in [3.8, 4) is 0 Å². The number of halogens is 1. The molecular weight excluding hydrogens is 387 g/mol. The average Bonchev–Trinajstić information content (AvgIpc) is 3.29. The lowest BCUT2D eigenvalue weighted by Crippen LogP contribution is -2.53. The molecule has 28 heavy (non-hydrogen) atoms. The Morgan fingerprint density at radius 2 is 1.54 bits per heavy atom. The number of aliphatic carboxylic acids is 1. The van der Waals surface area contributed by atoms with Crippen LogP contribution in [-0.4, -0.2) is 60.8 Å². The van der Waals surface area contributed by atoms with Gasteiger partial charge in [-0.15, -0.1) is 0 Å². The van der Waals surface area contributed by atoms with Crippen molar-refractivity contribution in [2.75, 3.05) is 26.2 Å². The van der Waals surface area contributed by atoms with E-state index in [0.717, 1.165) is 12.1 Å². The molecule has 1 aliphatic heterocycles. The number of benzene rings is 1. The molecule has 2 fully saturated rings. The van der Waals surface area contributed by atoms with Gasteiger partial charge in [0.25, 0.3) is 0 Å². The van der Waals surface area contributed by atoms with E-state index in [4.69, 9.17) is 0 Å². The minimum absolute atomic E-state index is 0.0119. The predicted octanol–water partition coefficient (Wildman–Crippen LogP) is 1.18. The molecule has 1 N–H and O–H groups in total. The highest BCUT2D eigenvalue weighted by Gasteiger charge is 2.52. The number of hydrogen-bond acceptors (Lipinski definition) is 4. The van der Waals surface area contributed by atoms with E-state index < -0.39 is 33.6 Å². The van der Waals surface area contributed by atoms with Crippen molar-refractivity contribution in [3.63, 3.8) is 0 Å². The van der Waals surface area contributed by atoms with E-state index in [2.05, 4.69) is 0 Å². The predicted molar refractivity (Wildman–Crippen MR) is 97.1 cm³/mol. The van der Waals surface area contributed by atoms with Gasteiger partial charge in [0.2, 0.25) is 15.9 Å². The van der Waals surface area contributed by atoms with Gasteiger partial charge in [-0.2, -0.15) is 4.31 Å². The molecule has 0 aromatic heterocycles. The zero-order chi connectivity index (χ0) is 20.1. The lowest BCUT2D eigenvalue weighted by Gasteiger charge is -2.37. The maximum Gasteiger partial charge on any atom is 0.307 e. The molecule has 0 spiro atoms. The van der Waals surface area contributed by atoms with E-state index in [-0.39, 0.29) is 48.8 Å². The number of sulfonamides is 1. The molecule has 1 aromatic rings. The van der Waals surface area contributed by atoms with Gasteiger partial charge in [-0.3, -0.25) is 9.59 Å². The molecule has 3 aliphatic rings. The van der Waals surface area contributed by atoms with Gasteiger partial charge in [0.1, 0.15) is 5.82 Å². The summed E-state index contributed by atoms with van der Waals surface area (Å²) in [6.45, 7) is 0.673. The van der Waals surface area contributed by atoms with Gasteiger partial charge in [0, 0.05) is 26.2 Å². The van der Waals surface area contributed by atoms with Crippen LogP contribution in [0.2, 0.25) is 0 Å². The Bertz CT molecular complexity index is 922. The lowest BCUT2D eigenvalue weighted by molar-refractivity contribution is -0.151. The van der Waals surface area contributed by atoms with E-state index >= 15 is 0 Å². The first kappa shape index (κ1) is 19.1. The number of fused-ring (bicyclic) bond motifs is 2. The number of piperazine rings is 1. The van der Waals surface area contributed by atoms with Crippen molar-refractivity contribution in [3.05, 3.63) is 42.2 Å². The molecule has 0 unspecified atom stereocenters. The molecule has 1 amide bonds. The molecule has 1 saturated heterocycles. The number of amides is 1. The molecule has 2 aliphatic carbocycles. The fraction of sp³-hybridized carbons (Fsp3) is 0.474. The Balaban J connectivity index is 1.44. The Hall–Kier alpha value is -2.26. The summed E-state index contributed by atoms with van der Waals surface area (Å²) >= 11 is 0. The van der Waals surface area contributed by atoms with Crippen LogP contribution in [0.5, 0.6) is 0 Å². The third kappa shape index (κ3) is 3.12. The van der Waals surface area contributed by atoms with Crippen LogP contribution in [-0.2, 0) is 19.6 Å². The fourth-order valence-corrected chi connectivity index (χ4v) is 6.03. The fourth-order valence-electron chi connectivity index (χ4n) is 4.61. The quantitative estimate of drug-likeness (QED) is 0.755. The number of carboxylic acids is 1. The Morgan fingerprint density at radius 1 is 0.964 bits per heavy atom. The minimum Gasteiger partial charge on any atom is -0.481 e. The largest absolute Gasteiger partial charge is 0.481 e. The van der Waals surface area contributed by atoms with Crippen molar-refractivity contribution in [1.29, 1.82) is 0 Å². The number of hydrogen-bond donors (Lipinski definition) is 1. The van der Waals surface area contributed by atoms with Crippen LogP contribution in [0, 0.1) is 29.5 Å². The Labute approximate surface area is 162 Å². The summed E-state index contributed by atoms with van der Waals surface area (Å²) in [5.74, 6) is -3.11. The standard InChI is InChI=1S/C19H21FN2O5S/c20-14-3-5-15(6-4-14)28(26,27)22-9-7-21(8-10-22)18(23)16-12-1-2-13(11-12)17(16)19(24)25/h1-6,12-13,16-17H,7-11H2,(H,24,25)/t12-,13-,16+,17+/m1/s1. The molecule has 9 heteroatoms. The topological polar surface area (TPSA) is 95.0 Å². The maximum atomic E-state index is 13.1.